The summed E-state index contributed by atoms with van der Waals surface area (Å²) in [5, 5.41) is 7.09. The van der Waals surface area contributed by atoms with Crippen molar-refractivity contribution in [1.29, 1.82) is 0 Å². The van der Waals surface area contributed by atoms with Gasteiger partial charge in [-0.15, -0.1) is 0 Å². The van der Waals surface area contributed by atoms with Crippen LogP contribution in [0.25, 0.3) is 0 Å². The number of likely N-dealkylation sites (N-methyl/N-ethyl adjacent to an activating group) is 1. The number of anilines is 2. The van der Waals surface area contributed by atoms with E-state index in [0.29, 0.717) is 12.2 Å². The first kappa shape index (κ1) is 25.5. The molecular weight excluding hydrogens is 463 g/mol. The molecule has 5 rings (SSSR count). The van der Waals surface area contributed by atoms with Gasteiger partial charge in [0.2, 0.25) is 0 Å². The van der Waals surface area contributed by atoms with Gasteiger partial charge in [-0.1, -0.05) is 6.07 Å². The summed E-state index contributed by atoms with van der Waals surface area (Å²) in [4.78, 5) is 15.2. The van der Waals surface area contributed by atoms with E-state index < -0.39 is 16.2 Å². The topological polar surface area (TPSA) is 99.6 Å². The van der Waals surface area contributed by atoms with Gasteiger partial charge in [0.05, 0.1) is 17.9 Å². The van der Waals surface area contributed by atoms with Gasteiger partial charge in [-0.2, -0.15) is 13.5 Å². The Kier molecular flexibility index (Phi) is 7.64. The minimum absolute atomic E-state index is 0. The van der Waals surface area contributed by atoms with Gasteiger partial charge in [0.1, 0.15) is 0 Å². The van der Waals surface area contributed by atoms with Crippen LogP contribution in [0.2, 0.25) is 0 Å². The predicted molar refractivity (Wildman–Crippen MR) is 135 cm³/mol. The molecule has 2 amide bonds. The summed E-state index contributed by atoms with van der Waals surface area (Å²) < 4.78 is 32.2. The van der Waals surface area contributed by atoms with Gasteiger partial charge in [-0.3, -0.25) is 4.68 Å². The Morgan fingerprint density at radius 2 is 1.76 bits per heavy atom. The summed E-state index contributed by atoms with van der Waals surface area (Å²) in [6.45, 7) is 1.52. The number of amides is 2. The Labute approximate surface area is 223 Å². The van der Waals surface area contributed by atoms with Gasteiger partial charge in [-0.05, 0) is 87.2 Å². The van der Waals surface area contributed by atoms with Crippen molar-refractivity contribution in [2.24, 2.45) is 7.05 Å². The van der Waals surface area contributed by atoms with Crippen molar-refractivity contribution in [1.82, 2.24) is 19.4 Å². The van der Waals surface area contributed by atoms with E-state index in [2.05, 4.69) is 26.1 Å². The fraction of sp³-hybridized carbons (Fsp3) is 0.565. The third-order valence-electron chi connectivity index (χ3n) is 7.07. The Morgan fingerprint density at radius 3 is 2.35 bits per heavy atom. The van der Waals surface area contributed by atoms with Gasteiger partial charge in [-0.25, -0.2) is 13.8 Å². The summed E-state index contributed by atoms with van der Waals surface area (Å²) in [5.74, 6) is 0. The number of benzene rings is 1. The number of hydrogen-bond donors (Lipinski definition) is 2. The summed E-state index contributed by atoms with van der Waals surface area (Å²) in [6.07, 6.45) is 10.8. The first-order valence-corrected chi connectivity index (χ1v) is 13.2. The fourth-order valence-electron chi connectivity index (χ4n) is 5.67. The number of piperidine rings is 1. The van der Waals surface area contributed by atoms with Crippen LogP contribution < -0.4 is 14.3 Å². The third kappa shape index (κ3) is 5.02. The molecule has 1 aromatic heterocycles. The molecule has 0 spiro atoms. The molecule has 1 aliphatic heterocycles. The zero-order valence-electron chi connectivity index (χ0n) is 19.3. The molecule has 9 nitrogen and oxygen atoms in total. The van der Waals surface area contributed by atoms with E-state index in [9.17, 15) is 13.2 Å². The van der Waals surface area contributed by atoms with E-state index in [1.54, 1.807) is 17.9 Å². The molecule has 3 aliphatic rings. The Bertz CT molecular complexity index is 1150. The van der Waals surface area contributed by atoms with Gasteiger partial charge < -0.3 is 10.2 Å². The number of nitrogens with one attached hydrogen (secondary N) is 2. The first-order valence-electron chi connectivity index (χ1n) is 11.8. The zero-order valence-corrected chi connectivity index (χ0v) is 20.1. The molecule has 0 saturated carbocycles. The van der Waals surface area contributed by atoms with Crippen LogP contribution >= 0.6 is 0 Å². The molecule has 2 aromatic rings. The summed E-state index contributed by atoms with van der Waals surface area (Å²) >= 11 is 0. The molecule has 180 valence electrons. The van der Waals surface area contributed by atoms with Gasteiger partial charge in [0, 0.05) is 25.5 Å². The Hall–Kier alpha value is -1.59. The second-order valence-corrected chi connectivity index (χ2v) is 11.1. The van der Waals surface area contributed by atoms with Crippen LogP contribution in [0, 0.1) is 0 Å². The first-order chi connectivity index (χ1) is 15.8. The summed E-state index contributed by atoms with van der Waals surface area (Å²) in [6, 6.07) is 1.31. The average molecular weight is 497 g/mol. The van der Waals surface area contributed by atoms with Crippen LogP contribution in [0.4, 0.5) is 16.2 Å². The normalized spacial score (nSPS) is 19.8. The molecule has 11 heteroatoms. The van der Waals surface area contributed by atoms with Crippen LogP contribution in [0.1, 0.15) is 47.9 Å². The van der Waals surface area contributed by atoms with Crippen LogP contribution in [0.3, 0.4) is 0 Å². The maximum atomic E-state index is 13.5. The molecule has 2 aliphatic carbocycles. The minimum atomic E-state index is -4.14. The molecule has 0 radical (unpaired) electrons. The maximum absolute atomic E-state index is 13.5. The van der Waals surface area contributed by atoms with Crippen LogP contribution in [-0.4, -0.2) is 84.9 Å². The van der Waals surface area contributed by atoms with E-state index >= 15 is 0 Å². The summed E-state index contributed by atoms with van der Waals surface area (Å²) in [5.41, 5.74) is 6.20. The second kappa shape index (κ2) is 10.2. The molecule has 2 heterocycles. The number of aromatic nitrogens is 2. The molecule has 1 aromatic carbocycles. The molecule has 1 atom stereocenters. The number of hydrogen-bond acceptors (Lipinski definition) is 5. The van der Waals surface area contributed by atoms with Gasteiger partial charge in [0.25, 0.3) is 0 Å². The van der Waals surface area contributed by atoms with Crippen LogP contribution in [0.15, 0.2) is 18.5 Å². The third-order valence-corrected chi connectivity index (χ3v) is 8.54. The van der Waals surface area contributed by atoms with Crippen molar-refractivity contribution in [2.45, 2.75) is 57.4 Å². The van der Waals surface area contributed by atoms with Crippen molar-refractivity contribution in [2.75, 3.05) is 29.8 Å². The number of aryl methyl sites for hydroxylation is 3. The van der Waals surface area contributed by atoms with Crippen molar-refractivity contribution in [3.05, 3.63) is 40.7 Å². The van der Waals surface area contributed by atoms with Crippen LogP contribution in [0.5, 0.6) is 0 Å². The van der Waals surface area contributed by atoms with E-state index in [4.69, 9.17) is 0 Å². The quantitative estimate of drug-likeness (QED) is 0.614. The monoisotopic (exact) mass is 496 g/mol. The number of rotatable bonds is 5. The molecule has 1 fully saturated rings. The van der Waals surface area contributed by atoms with E-state index in [0.717, 1.165) is 63.6 Å². The Morgan fingerprint density at radius 1 is 1.09 bits per heavy atom. The molecule has 2 N–H and O–H groups in total. The number of carbonyl (C=O) groups excluding carboxylic acids is 1. The molecule has 0 bridgehead atoms. The number of carbonyl (C=O) groups is 1. The standard InChI is InChI=1S/C23H32N6O3S.Na.H/c1-27-11-5-8-18(14-27)29(19-13-24-28(2)15-19)33(31,32)26-23(30)25-22-20-9-3-6-16(20)12-17-7-4-10-21(17)22;;/h12-13,15,18H,3-11,14H2,1-2H3,(H2,25,26,30);;. The van der Waals surface area contributed by atoms with Crippen molar-refractivity contribution < 1.29 is 13.2 Å². The van der Waals surface area contributed by atoms with Crippen molar-refractivity contribution in [3.8, 4) is 0 Å². The fourth-order valence-corrected chi connectivity index (χ4v) is 6.99. The SMILES string of the molecule is CN1CCCC(N(c2cnn(C)c2)S(=O)(=O)NC(=O)Nc2c3c(cc4c2CCC4)CCC3)C1.[NaH]. The molecular formula is C23H33N6NaO3S. The van der Waals surface area contributed by atoms with Crippen molar-refractivity contribution in [3.63, 3.8) is 0 Å². The van der Waals surface area contributed by atoms with Crippen molar-refractivity contribution >= 4 is 57.2 Å². The van der Waals surface area contributed by atoms with Gasteiger partial charge in [0.15, 0.2) is 0 Å². The van der Waals surface area contributed by atoms with Crippen LogP contribution in [-0.2, 0) is 42.9 Å². The van der Waals surface area contributed by atoms with E-state index in [-0.39, 0.29) is 35.6 Å². The number of likely N-dealkylation sites (tertiary alicyclic amines) is 1. The number of nitrogens with zero attached hydrogens (tertiary/aromatic N) is 4. The van der Waals surface area contributed by atoms with Gasteiger partial charge >= 0.3 is 45.8 Å². The average Bonchev–Trinajstić information content (AvgIpc) is 3.48. The molecule has 1 saturated heterocycles. The second-order valence-electron chi connectivity index (χ2n) is 9.52. The number of urea groups is 1. The number of fused-ring (bicyclic) bond motifs is 2. The van der Waals surface area contributed by atoms with E-state index in [1.165, 1.54) is 32.8 Å². The van der Waals surface area contributed by atoms with E-state index in [1.807, 2.05) is 7.05 Å². The predicted octanol–water partition coefficient (Wildman–Crippen LogP) is 1.72. The Balaban J connectivity index is 0.00000274. The molecule has 34 heavy (non-hydrogen) atoms. The molecule has 1 unspecified atom stereocenters. The summed E-state index contributed by atoms with van der Waals surface area (Å²) in [7, 11) is -0.410. The zero-order chi connectivity index (χ0) is 23.2.